The summed E-state index contributed by atoms with van der Waals surface area (Å²) in [5.41, 5.74) is 5.74. The number of carbonyl (C=O) groups is 1. The molecule has 2 atom stereocenters. The molecule has 4 nitrogen and oxygen atoms in total. The largest absolute Gasteiger partial charge is 0.394 e. The van der Waals surface area contributed by atoms with Crippen molar-refractivity contribution in [1.82, 2.24) is 5.32 Å². The molecule has 1 amide bonds. The molecule has 17 heavy (non-hydrogen) atoms. The number of benzene rings is 1. The molecule has 0 fully saturated rings. The van der Waals surface area contributed by atoms with Crippen molar-refractivity contribution in [3.8, 4) is 0 Å². The van der Waals surface area contributed by atoms with Crippen LogP contribution in [0.4, 0.5) is 0 Å². The first-order valence-electron chi connectivity index (χ1n) is 5.77. The van der Waals surface area contributed by atoms with E-state index < -0.39 is 11.6 Å². The van der Waals surface area contributed by atoms with Gasteiger partial charge in [-0.05, 0) is 18.9 Å². The Hall–Kier alpha value is -1.39. The summed E-state index contributed by atoms with van der Waals surface area (Å²) in [5.74, 6) is -0.243. The van der Waals surface area contributed by atoms with E-state index in [4.69, 9.17) is 5.73 Å². The fourth-order valence-electron chi connectivity index (χ4n) is 1.56. The second-order valence-electron chi connectivity index (χ2n) is 4.36. The van der Waals surface area contributed by atoms with Crippen molar-refractivity contribution in [2.45, 2.75) is 31.8 Å². The van der Waals surface area contributed by atoms with Crippen molar-refractivity contribution in [3.05, 3.63) is 35.9 Å². The Morgan fingerprint density at radius 3 is 2.53 bits per heavy atom. The molecule has 0 aliphatic heterocycles. The van der Waals surface area contributed by atoms with Crippen molar-refractivity contribution in [1.29, 1.82) is 0 Å². The highest BCUT2D eigenvalue weighted by atomic mass is 16.3. The first-order valence-corrected chi connectivity index (χ1v) is 5.77. The molecule has 1 aromatic rings. The summed E-state index contributed by atoms with van der Waals surface area (Å²) in [6, 6.07) is 8.83. The van der Waals surface area contributed by atoms with Gasteiger partial charge in [0.1, 0.15) is 0 Å². The van der Waals surface area contributed by atoms with Crippen LogP contribution in [0.1, 0.15) is 25.8 Å². The van der Waals surface area contributed by atoms with Crippen LogP contribution in [0.5, 0.6) is 0 Å². The number of carbonyl (C=O) groups excluding carboxylic acids is 1. The average Bonchev–Trinajstić information content (AvgIpc) is 2.38. The fraction of sp³-hybridized carbons (Fsp3) is 0.462. The quantitative estimate of drug-likeness (QED) is 0.706. The van der Waals surface area contributed by atoms with Gasteiger partial charge in [-0.1, -0.05) is 37.3 Å². The predicted octanol–water partition coefficient (Wildman–Crippen LogP) is 0.748. The maximum absolute atomic E-state index is 11.8. The maximum atomic E-state index is 11.8. The predicted molar refractivity (Wildman–Crippen MR) is 67.3 cm³/mol. The molecule has 4 N–H and O–H groups in total. The molecular formula is C13H20N2O2. The summed E-state index contributed by atoms with van der Waals surface area (Å²) in [7, 11) is 0. The normalized spacial score (nSPS) is 16.0. The van der Waals surface area contributed by atoms with E-state index in [-0.39, 0.29) is 12.5 Å². The second kappa shape index (κ2) is 5.80. The van der Waals surface area contributed by atoms with Gasteiger partial charge in [0.2, 0.25) is 5.91 Å². The molecular weight excluding hydrogens is 216 g/mol. The van der Waals surface area contributed by atoms with E-state index in [1.54, 1.807) is 6.92 Å². The van der Waals surface area contributed by atoms with Crippen LogP contribution >= 0.6 is 0 Å². The Kier molecular flexibility index (Phi) is 4.66. The number of hydrogen-bond acceptors (Lipinski definition) is 3. The summed E-state index contributed by atoms with van der Waals surface area (Å²) in [5, 5.41) is 12.3. The number of nitrogens with one attached hydrogen (secondary N) is 1. The van der Waals surface area contributed by atoms with Gasteiger partial charge in [0.25, 0.3) is 0 Å². The highest BCUT2D eigenvalue weighted by Crippen LogP contribution is 2.19. The zero-order valence-electron chi connectivity index (χ0n) is 10.3. The molecule has 0 heterocycles. The lowest BCUT2D eigenvalue weighted by Crippen LogP contribution is -2.52. The van der Waals surface area contributed by atoms with Crippen LogP contribution in [-0.2, 0) is 10.3 Å². The Balaban J connectivity index is 2.87. The van der Waals surface area contributed by atoms with Gasteiger partial charge in [-0.3, -0.25) is 4.79 Å². The summed E-state index contributed by atoms with van der Waals surface area (Å²) < 4.78 is 0. The summed E-state index contributed by atoms with van der Waals surface area (Å²) >= 11 is 0. The average molecular weight is 236 g/mol. The van der Waals surface area contributed by atoms with E-state index in [1.165, 1.54) is 0 Å². The number of rotatable bonds is 5. The third-order valence-corrected chi connectivity index (χ3v) is 2.90. The molecule has 4 heteroatoms. The lowest BCUT2D eigenvalue weighted by Gasteiger charge is -2.30. The van der Waals surface area contributed by atoms with Crippen molar-refractivity contribution in [2.75, 3.05) is 6.61 Å². The van der Waals surface area contributed by atoms with E-state index in [1.807, 2.05) is 37.3 Å². The molecule has 0 aromatic heterocycles. The van der Waals surface area contributed by atoms with E-state index >= 15 is 0 Å². The van der Waals surface area contributed by atoms with Crippen LogP contribution in [0.15, 0.2) is 30.3 Å². The highest BCUT2D eigenvalue weighted by molar-refractivity contribution is 5.82. The smallest absolute Gasteiger partial charge is 0.237 e. The molecule has 0 aliphatic rings. The van der Waals surface area contributed by atoms with Gasteiger partial charge >= 0.3 is 0 Å². The van der Waals surface area contributed by atoms with Crippen LogP contribution in [0, 0.1) is 0 Å². The van der Waals surface area contributed by atoms with Gasteiger partial charge in [-0.25, -0.2) is 0 Å². The Labute approximate surface area is 102 Å². The third-order valence-electron chi connectivity index (χ3n) is 2.90. The molecule has 0 saturated heterocycles. The van der Waals surface area contributed by atoms with Crippen LogP contribution in [0.2, 0.25) is 0 Å². The number of aliphatic hydroxyl groups excluding tert-OH is 1. The molecule has 0 radical (unpaired) electrons. The van der Waals surface area contributed by atoms with Crippen LogP contribution < -0.4 is 11.1 Å². The minimum atomic E-state index is -0.787. The molecule has 0 aliphatic carbocycles. The topological polar surface area (TPSA) is 75.4 Å². The van der Waals surface area contributed by atoms with Crippen molar-refractivity contribution < 1.29 is 9.90 Å². The highest BCUT2D eigenvalue weighted by Gasteiger charge is 2.29. The monoisotopic (exact) mass is 236 g/mol. The molecule has 94 valence electrons. The summed E-state index contributed by atoms with van der Waals surface area (Å²) in [6.07, 6.45) is 0.572. The molecule has 0 saturated carbocycles. The van der Waals surface area contributed by atoms with Crippen molar-refractivity contribution in [3.63, 3.8) is 0 Å². The molecule has 1 unspecified atom stereocenters. The van der Waals surface area contributed by atoms with E-state index in [0.717, 1.165) is 5.56 Å². The lowest BCUT2D eigenvalue weighted by atomic mass is 9.92. The minimum absolute atomic E-state index is 0.167. The maximum Gasteiger partial charge on any atom is 0.237 e. The first kappa shape index (κ1) is 13.7. The van der Waals surface area contributed by atoms with Gasteiger partial charge in [0.05, 0.1) is 18.2 Å². The Morgan fingerprint density at radius 1 is 1.47 bits per heavy atom. The van der Waals surface area contributed by atoms with Crippen molar-refractivity contribution >= 4 is 5.91 Å². The van der Waals surface area contributed by atoms with Crippen LogP contribution in [0.25, 0.3) is 0 Å². The first-order chi connectivity index (χ1) is 8.03. The van der Waals surface area contributed by atoms with E-state index in [0.29, 0.717) is 6.42 Å². The second-order valence-corrected chi connectivity index (χ2v) is 4.36. The minimum Gasteiger partial charge on any atom is -0.394 e. The van der Waals surface area contributed by atoms with Crippen LogP contribution in [-0.4, -0.2) is 23.7 Å². The molecule has 1 rings (SSSR count). The van der Waals surface area contributed by atoms with Gasteiger partial charge in [0, 0.05) is 0 Å². The molecule has 0 spiro atoms. The Morgan fingerprint density at radius 2 is 2.06 bits per heavy atom. The number of aliphatic hydroxyl groups is 1. The Bertz CT molecular complexity index is 367. The number of hydrogen-bond donors (Lipinski definition) is 3. The zero-order valence-corrected chi connectivity index (χ0v) is 10.3. The van der Waals surface area contributed by atoms with Gasteiger partial charge in [-0.2, -0.15) is 0 Å². The summed E-state index contributed by atoms with van der Waals surface area (Å²) in [4.78, 5) is 11.8. The van der Waals surface area contributed by atoms with E-state index in [9.17, 15) is 9.90 Å². The van der Waals surface area contributed by atoms with E-state index in [2.05, 4.69) is 5.32 Å². The van der Waals surface area contributed by atoms with Crippen molar-refractivity contribution in [2.24, 2.45) is 5.73 Å². The molecule has 0 bridgehead atoms. The van der Waals surface area contributed by atoms with Gasteiger partial charge in [0.15, 0.2) is 0 Å². The van der Waals surface area contributed by atoms with Gasteiger partial charge < -0.3 is 16.2 Å². The number of nitrogens with two attached hydrogens (primary N) is 1. The lowest BCUT2D eigenvalue weighted by molar-refractivity contribution is -0.124. The fourth-order valence-corrected chi connectivity index (χ4v) is 1.56. The van der Waals surface area contributed by atoms with Crippen LogP contribution in [0.3, 0.4) is 0 Å². The van der Waals surface area contributed by atoms with Gasteiger partial charge in [-0.15, -0.1) is 0 Å². The standard InChI is InChI=1S/C13H20N2O2/c1-3-11(14)12(17)15-13(2,9-16)10-7-5-4-6-8-10/h4-8,11,16H,3,9,14H2,1-2H3,(H,15,17)/t11-,13?/m0/s1. The third kappa shape index (κ3) is 3.28. The molecule has 1 aromatic carbocycles. The number of amides is 1. The zero-order chi connectivity index (χ0) is 12.9. The summed E-state index contributed by atoms with van der Waals surface area (Å²) in [6.45, 7) is 3.46. The SMILES string of the molecule is CC[C@H](N)C(=O)NC(C)(CO)c1ccccc1.